The van der Waals surface area contributed by atoms with Crippen LogP contribution in [0.15, 0.2) is 0 Å². The van der Waals surface area contributed by atoms with Gasteiger partial charge in [0.25, 0.3) is 0 Å². The molecule has 0 heterocycles. The fourth-order valence-corrected chi connectivity index (χ4v) is 4.96. The fraction of sp³-hybridized carbons (Fsp3) is 1.00. The molecule has 0 aliphatic rings. The van der Waals surface area contributed by atoms with Crippen LogP contribution in [-0.4, -0.2) is 42.8 Å². The Kier molecular flexibility index (Phi) is 3.38. The molecule has 0 amide bonds. The van der Waals surface area contributed by atoms with Gasteiger partial charge in [0.2, 0.25) is 8.32 Å². The highest BCUT2D eigenvalue weighted by atomic mass is 28.5. The van der Waals surface area contributed by atoms with E-state index in [9.17, 15) is 0 Å². The molecule has 0 saturated heterocycles. The minimum absolute atomic E-state index is 1.16. The van der Waals surface area contributed by atoms with E-state index in [-0.39, 0.29) is 0 Å². The lowest BCUT2D eigenvalue weighted by Crippen LogP contribution is -2.54. The first-order valence-electron chi connectivity index (χ1n) is 3.16. The maximum Gasteiger partial charge on any atom is 0.481 e. The lowest BCUT2D eigenvalue weighted by molar-refractivity contribution is 0.00781. The average Bonchev–Trinajstić information content (AvgIpc) is 1.56. The van der Waals surface area contributed by atoms with Crippen LogP contribution in [0.1, 0.15) is 0 Å². The van der Waals surface area contributed by atoms with Crippen molar-refractivity contribution in [2.45, 2.75) is 25.6 Å². The average molecular weight is 198 g/mol. The van der Waals surface area contributed by atoms with Gasteiger partial charge in [0.15, 0.2) is 5.91 Å². The van der Waals surface area contributed by atoms with Crippen LogP contribution in [0.4, 0.5) is 0 Å². The molecular formula is C4H14O5Si2. The molecule has 0 aromatic carbocycles. The van der Waals surface area contributed by atoms with Crippen molar-refractivity contribution in [2.24, 2.45) is 0 Å². The van der Waals surface area contributed by atoms with E-state index in [2.05, 4.69) is 0 Å². The summed E-state index contributed by atoms with van der Waals surface area (Å²) in [5.74, 6) is -1.59. The van der Waals surface area contributed by atoms with E-state index in [0.29, 0.717) is 0 Å². The zero-order valence-electron chi connectivity index (χ0n) is 6.77. The molecule has 0 aromatic rings. The molecule has 0 bridgehead atoms. The zero-order valence-corrected chi connectivity index (χ0v) is 8.77. The molecule has 0 aliphatic carbocycles. The summed E-state index contributed by atoms with van der Waals surface area (Å²) in [5, 5.41) is 17.5. The normalized spacial score (nSPS) is 14.2. The Labute approximate surface area is 67.4 Å². The Morgan fingerprint density at radius 1 is 1.09 bits per heavy atom. The zero-order chi connectivity index (χ0) is 9.28. The van der Waals surface area contributed by atoms with Crippen molar-refractivity contribution in [2.75, 3.05) is 0 Å². The minimum Gasteiger partial charge on any atom is -0.411 e. The molecule has 0 unspecified atom stereocenters. The van der Waals surface area contributed by atoms with Crippen LogP contribution >= 0.6 is 0 Å². The third kappa shape index (κ3) is 4.64. The van der Waals surface area contributed by atoms with Gasteiger partial charge in [-0.25, -0.2) is 0 Å². The molecule has 0 saturated carbocycles. The van der Waals surface area contributed by atoms with Crippen molar-refractivity contribution in [3.05, 3.63) is 0 Å². The van der Waals surface area contributed by atoms with Gasteiger partial charge in [0.05, 0.1) is 0 Å². The lowest BCUT2D eigenvalue weighted by Gasteiger charge is -2.28. The van der Waals surface area contributed by atoms with Crippen molar-refractivity contribution >= 4 is 17.1 Å². The van der Waals surface area contributed by atoms with Gasteiger partial charge in [-0.1, -0.05) is 0 Å². The molecule has 0 radical (unpaired) electrons. The third-order valence-electron chi connectivity index (χ3n) is 1.08. The summed E-state index contributed by atoms with van der Waals surface area (Å²) >= 11 is 0. The Bertz CT molecular complexity index is 129. The van der Waals surface area contributed by atoms with Crippen molar-refractivity contribution in [3.63, 3.8) is 0 Å². The largest absolute Gasteiger partial charge is 0.481 e. The first kappa shape index (κ1) is 11.2. The highest BCUT2D eigenvalue weighted by Crippen LogP contribution is 2.12. The topological polar surface area (TPSA) is 90.2 Å². The third-order valence-corrected chi connectivity index (χ3v) is 5.97. The summed E-state index contributed by atoms with van der Waals surface area (Å²) in [4.78, 5) is 17.8. The van der Waals surface area contributed by atoms with Gasteiger partial charge in [0.1, 0.15) is 0 Å². The van der Waals surface area contributed by atoms with E-state index in [0.717, 1.165) is 6.55 Å². The maximum absolute atomic E-state index is 8.89. The van der Waals surface area contributed by atoms with E-state index in [1.54, 1.807) is 0 Å². The predicted molar refractivity (Wildman–Crippen MR) is 42.8 cm³/mol. The lowest BCUT2D eigenvalue weighted by atomic mass is 11.5. The van der Waals surface area contributed by atoms with Crippen LogP contribution < -0.4 is 0 Å². The molecule has 0 spiro atoms. The van der Waals surface area contributed by atoms with E-state index < -0.39 is 23.0 Å². The summed E-state index contributed by atoms with van der Waals surface area (Å²) in [6, 6.07) is 0. The second-order valence-electron chi connectivity index (χ2n) is 3.01. The number of hydrogen-bond donors (Lipinski definition) is 4. The van der Waals surface area contributed by atoms with Crippen LogP contribution in [0.5, 0.6) is 0 Å². The quantitative estimate of drug-likeness (QED) is 0.331. The predicted octanol–water partition coefficient (Wildman–Crippen LogP) is -1.39. The SMILES string of the molecule is C[Si](O)(O)O[Si](C)(C)C(O)O. The second kappa shape index (κ2) is 3.31. The molecule has 4 N–H and O–H groups in total. The number of aliphatic hydroxyl groups excluding tert-OH is 1. The highest BCUT2D eigenvalue weighted by molar-refractivity contribution is 6.80. The van der Waals surface area contributed by atoms with Gasteiger partial charge in [-0.15, -0.1) is 0 Å². The molecule has 68 valence electrons. The first-order valence-corrected chi connectivity index (χ1v) is 8.45. The molecular weight excluding hydrogens is 184 g/mol. The van der Waals surface area contributed by atoms with E-state index in [1.165, 1.54) is 13.1 Å². The van der Waals surface area contributed by atoms with Crippen LogP contribution in [0.2, 0.25) is 19.6 Å². The summed E-state index contributed by atoms with van der Waals surface area (Å²) in [6.07, 6.45) is 0. The summed E-state index contributed by atoms with van der Waals surface area (Å²) in [5.41, 5.74) is 0. The van der Waals surface area contributed by atoms with E-state index in [1.807, 2.05) is 0 Å². The van der Waals surface area contributed by atoms with Gasteiger partial charge in [-0.2, -0.15) is 0 Å². The van der Waals surface area contributed by atoms with Gasteiger partial charge in [0, 0.05) is 6.55 Å². The second-order valence-corrected chi connectivity index (χ2v) is 9.42. The number of aliphatic hydroxyl groups is 2. The maximum atomic E-state index is 8.89. The molecule has 0 fully saturated rings. The summed E-state index contributed by atoms with van der Waals surface area (Å²) in [6.45, 7) is 4.15. The van der Waals surface area contributed by atoms with E-state index >= 15 is 0 Å². The molecule has 5 nitrogen and oxygen atoms in total. The van der Waals surface area contributed by atoms with Crippen molar-refractivity contribution < 1.29 is 23.9 Å². The monoisotopic (exact) mass is 198 g/mol. The smallest absolute Gasteiger partial charge is 0.411 e. The van der Waals surface area contributed by atoms with Gasteiger partial charge < -0.3 is 23.9 Å². The molecule has 0 rings (SSSR count). The van der Waals surface area contributed by atoms with Gasteiger partial charge in [-0.3, -0.25) is 0 Å². The van der Waals surface area contributed by atoms with Gasteiger partial charge >= 0.3 is 8.80 Å². The van der Waals surface area contributed by atoms with Crippen LogP contribution in [0, 0.1) is 0 Å². The Hall–Kier alpha value is 0.234. The van der Waals surface area contributed by atoms with Crippen molar-refractivity contribution in [3.8, 4) is 0 Å². The highest BCUT2D eigenvalue weighted by Gasteiger charge is 2.40. The fourth-order valence-electron chi connectivity index (χ4n) is 0.551. The first-order chi connectivity index (χ1) is 4.65. The van der Waals surface area contributed by atoms with E-state index in [4.69, 9.17) is 23.9 Å². The Morgan fingerprint density at radius 2 is 1.45 bits per heavy atom. The van der Waals surface area contributed by atoms with Crippen molar-refractivity contribution in [1.29, 1.82) is 0 Å². The molecule has 7 heteroatoms. The number of rotatable bonds is 3. The van der Waals surface area contributed by atoms with Crippen LogP contribution in [0.3, 0.4) is 0 Å². The molecule has 0 aromatic heterocycles. The molecule has 0 aliphatic heterocycles. The Morgan fingerprint density at radius 3 is 1.55 bits per heavy atom. The van der Waals surface area contributed by atoms with Crippen LogP contribution in [0.25, 0.3) is 0 Å². The summed E-state index contributed by atoms with van der Waals surface area (Å²) in [7, 11) is -6.36. The molecule has 0 atom stereocenters. The molecule has 11 heavy (non-hydrogen) atoms. The number of hydrogen-bond acceptors (Lipinski definition) is 5. The van der Waals surface area contributed by atoms with Crippen molar-refractivity contribution in [1.82, 2.24) is 0 Å². The minimum atomic E-state index is -3.61. The van der Waals surface area contributed by atoms with Crippen LogP contribution in [-0.2, 0) is 4.12 Å². The Balaban J connectivity index is 4.13. The summed E-state index contributed by atoms with van der Waals surface area (Å²) < 4.78 is 4.78. The standard InChI is InChI=1S/C4H14O5Si2/c1-10(2,4(5)6)9-11(3,7)8/h4-8H,1-3H3. The van der Waals surface area contributed by atoms with Gasteiger partial charge in [-0.05, 0) is 13.1 Å².